The molecule has 3 heterocycles. The zero-order chi connectivity index (χ0) is 18.8. The zero-order valence-electron chi connectivity index (χ0n) is 15.8. The van der Waals surface area contributed by atoms with Crippen molar-refractivity contribution in [2.75, 3.05) is 32.7 Å². The van der Waals surface area contributed by atoms with Gasteiger partial charge < -0.3 is 0 Å². The first-order chi connectivity index (χ1) is 13.1. The maximum absolute atomic E-state index is 12.2. The van der Waals surface area contributed by atoms with Gasteiger partial charge in [-0.05, 0) is 30.4 Å². The molecule has 2 aliphatic rings. The van der Waals surface area contributed by atoms with E-state index in [1.165, 1.54) is 4.68 Å². The molecule has 144 valence electrons. The van der Waals surface area contributed by atoms with Gasteiger partial charge in [0.15, 0.2) is 0 Å². The van der Waals surface area contributed by atoms with E-state index in [9.17, 15) is 9.59 Å². The maximum atomic E-state index is 12.2. The van der Waals surface area contributed by atoms with Crippen molar-refractivity contribution in [3.05, 3.63) is 55.9 Å². The van der Waals surface area contributed by atoms with Gasteiger partial charge in [0.25, 0.3) is 11.1 Å². The molecule has 0 atom stereocenters. The van der Waals surface area contributed by atoms with Crippen molar-refractivity contribution in [1.29, 1.82) is 0 Å². The molecule has 0 amide bonds. The molecule has 0 spiro atoms. The predicted octanol–water partition coefficient (Wildman–Crippen LogP) is -0.356. The maximum Gasteiger partial charge on any atom is 0.267 e. The minimum Gasteiger partial charge on any atom is -0.299 e. The Hall–Kier alpha value is -2.32. The Morgan fingerprint density at radius 1 is 0.963 bits per heavy atom. The van der Waals surface area contributed by atoms with Gasteiger partial charge in [0.2, 0.25) is 0 Å². The van der Waals surface area contributed by atoms with Crippen molar-refractivity contribution < 1.29 is 0 Å². The number of fused-ring (bicyclic) bond motifs is 1. The first-order valence-corrected chi connectivity index (χ1v) is 9.65. The second kappa shape index (κ2) is 7.74. The fourth-order valence-corrected chi connectivity index (χ4v) is 3.86. The van der Waals surface area contributed by atoms with Crippen LogP contribution in [0.25, 0.3) is 0 Å². The Morgan fingerprint density at radius 3 is 2.52 bits per heavy atom. The van der Waals surface area contributed by atoms with E-state index in [0.29, 0.717) is 6.54 Å². The summed E-state index contributed by atoms with van der Waals surface area (Å²) < 4.78 is 2.97. The molecule has 1 aliphatic heterocycles. The molecule has 1 aliphatic carbocycles. The highest BCUT2D eigenvalue weighted by Gasteiger charge is 2.18. The molecular formula is C19H26N6O2. The molecule has 0 bridgehead atoms. The highest BCUT2D eigenvalue weighted by atomic mass is 16.1. The molecule has 0 radical (unpaired) electrons. The van der Waals surface area contributed by atoms with Crippen LogP contribution in [0, 0.1) is 0 Å². The summed E-state index contributed by atoms with van der Waals surface area (Å²) in [6.45, 7) is 6.04. The molecule has 0 N–H and O–H groups in total. The van der Waals surface area contributed by atoms with Crippen molar-refractivity contribution >= 4 is 0 Å². The second-order valence-corrected chi connectivity index (χ2v) is 7.47. The van der Waals surface area contributed by atoms with Gasteiger partial charge in [0.1, 0.15) is 0 Å². The molecule has 2 aromatic rings. The quantitative estimate of drug-likeness (QED) is 0.716. The summed E-state index contributed by atoms with van der Waals surface area (Å²) in [6, 6.07) is 3.43. The van der Waals surface area contributed by atoms with E-state index in [1.807, 2.05) is 0 Å². The van der Waals surface area contributed by atoms with Gasteiger partial charge in [-0.2, -0.15) is 10.2 Å². The normalized spacial score (nSPS) is 18.0. The van der Waals surface area contributed by atoms with E-state index in [0.717, 1.165) is 75.4 Å². The molecule has 0 saturated carbocycles. The van der Waals surface area contributed by atoms with Crippen molar-refractivity contribution in [3.8, 4) is 0 Å². The molecule has 1 fully saturated rings. The van der Waals surface area contributed by atoms with E-state index in [4.69, 9.17) is 0 Å². The van der Waals surface area contributed by atoms with Crippen LogP contribution in [-0.2, 0) is 33.0 Å². The summed E-state index contributed by atoms with van der Waals surface area (Å²) >= 11 is 0. The van der Waals surface area contributed by atoms with Crippen molar-refractivity contribution in [1.82, 2.24) is 29.4 Å². The van der Waals surface area contributed by atoms with Crippen molar-refractivity contribution in [2.24, 2.45) is 7.05 Å². The minimum atomic E-state index is -0.0709. The number of aryl methyl sites for hydroxylation is 3. The van der Waals surface area contributed by atoms with Crippen LogP contribution in [0.1, 0.15) is 23.2 Å². The van der Waals surface area contributed by atoms with E-state index in [1.54, 1.807) is 30.1 Å². The highest BCUT2D eigenvalue weighted by molar-refractivity contribution is 5.22. The highest BCUT2D eigenvalue weighted by Crippen LogP contribution is 2.17. The van der Waals surface area contributed by atoms with Gasteiger partial charge in [0, 0.05) is 58.4 Å². The molecule has 27 heavy (non-hydrogen) atoms. The second-order valence-electron chi connectivity index (χ2n) is 7.47. The van der Waals surface area contributed by atoms with Crippen LogP contribution in [0.2, 0.25) is 0 Å². The van der Waals surface area contributed by atoms with Crippen LogP contribution >= 0.6 is 0 Å². The number of aromatic nitrogens is 4. The average molecular weight is 370 g/mol. The van der Waals surface area contributed by atoms with Crippen LogP contribution in [0.5, 0.6) is 0 Å². The van der Waals surface area contributed by atoms with Crippen LogP contribution in [-0.4, -0.2) is 62.1 Å². The third-order valence-electron chi connectivity index (χ3n) is 5.55. The van der Waals surface area contributed by atoms with Gasteiger partial charge >= 0.3 is 0 Å². The van der Waals surface area contributed by atoms with Gasteiger partial charge in [-0.1, -0.05) is 0 Å². The lowest BCUT2D eigenvalue weighted by Crippen LogP contribution is -2.47. The van der Waals surface area contributed by atoms with Crippen LogP contribution in [0.4, 0.5) is 0 Å². The first kappa shape index (κ1) is 18.1. The largest absolute Gasteiger partial charge is 0.299 e. The fourth-order valence-electron chi connectivity index (χ4n) is 3.86. The molecule has 2 aromatic heterocycles. The Morgan fingerprint density at radius 2 is 1.74 bits per heavy atom. The minimum absolute atomic E-state index is 0.0208. The number of hydrogen-bond acceptors (Lipinski definition) is 6. The van der Waals surface area contributed by atoms with E-state index in [-0.39, 0.29) is 11.1 Å². The molecule has 8 nitrogen and oxygen atoms in total. The fraction of sp³-hybridized carbons (Fsp3) is 0.579. The summed E-state index contributed by atoms with van der Waals surface area (Å²) in [5, 5.41) is 8.63. The number of hydrogen-bond donors (Lipinski definition) is 0. The monoisotopic (exact) mass is 370 g/mol. The van der Waals surface area contributed by atoms with E-state index < -0.39 is 0 Å². The first-order valence-electron chi connectivity index (χ1n) is 9.65. The molecule has 1 saturated heterocycles. The Labute approximate surface area is 158 Å². The third-order valence-corrected chi connectivity index (χ3v) is 5.55. The smallest absolute Gasteiger partial charge is 0.267 e. The van der Waals surface area contributed by atoms with Crippen LogP contribution < -0.4 is 11.1 Å². The van der Waals surface area contributed by atoms with E-state index >= 15 is 0 Å². The van der Waals surface area contributed by atoms with Gasteiger partial charge in [-0.3, -0.25) is 19.4 Å². The molecule has 0 unspecified atom stereocenters. The SMILES string of the molecule is Cn1ncc(CN2CCN(CCn3nc4c(cc3=O)CCC4)CC2)cc1=O. The van der Waals surface area contributed by atoms with Crippen LogP contribution in [0.15, 0.2) is 27.9 Å². The lowest BCUT2D eigenvalue weighted by molar-refractivity contribution is 0.122. The molecule has 4 rings (SSSR count). The number of rotatable bonds is 5. The number of nitrogens with zero attached hydrogens (tertiary/aromatic N) is 6. The van der Waals surface area contributed by atoms with Gasteiger partial charge in [-0.25, -0.2) is 9.36 Å². The predicted molar refractivity (Wildman–Crippen MR) is 102 cm³/mol. The Kier molecular flexibility index (Phi) is 5.18. The lowest BCUT2D eigenvalue weighted by Gasteiger charge is -2.34. The Balaban J connectivity index is 1.28. The Bertz CT molecular complexity index is 927. The lowest BCUT2D eigenvalue weighted by atomic mass is 10.2. The van der Waals surface area contributed by atoms with Crippen LogP contribution in [0.3, 0.4) is 0 Å². The van der Waals surface area contributed by atoms with Gasteiger partial charge in [0.05, 0.1) is 18.4 Å². The standard InChI is InChI=1S/C19H26N6O2/c1-22-18(26)11-15(13-20-22)14-24-7-5-23(6-8-24)9-10-25-19(27)12-16-3-2-4-17(16)21-25/h11-13H,2-10,14H2,1H3. The summed E-state index contributed by atoms with van der Waals surface area (Å²) in [5.74, 6) is 0. The summed E-state index contributed by atoms with van der Waals surface area (Å²) in [4.78, 5) is 28.6. The van der Waals surface area contributed by atoms with Crippen molar-refractivity contribution in [2.45, 2.75) is 32.4 Å². The topological polar surface area (TPSA) is 76.3 Å². The molecule has 8 heteroatoms. The molecule has 0 aromatic carbocycles. The van der Waals surface area contributed by atoms with Crippen molar-refractivity contribution in [3.63, 3.8) is 0 Å². The number of piperazine rings is 1. The third kappa shape index (κ3) is 4.17. The summed E-state index contributed by atoms with van der Waals surface area (Å²) in [6.07, 6.45) is 4.85. The van der Waals surface area contributed by atoms with E-state index in [2.05, 4.69) is 20.0 Å². The summed E-state index contributed by atoms with van der Waals surface area (Å²) in [5.41, 5.74) is 3.14. The zero-order valence-corrected chi connectivity index (χ0v) is 15.8. The van der Waals surface area contributed by atoms with Gasteiger partial charge in [-0.15, -0.1) is 0 Å². The summed E-state index contributed by atoms with van der Waals surface area (Å²) in [7, 11) is 1.66. The average Bonchev–Trinajstić information content (AvgIpc) is 3.11. The molecular weight excluding hydrogens is 344 g/mol.